The lowest BCUT2D eigenvalue weighted by Crippen LogP contribution is -2.62. The van der Waals surface area contributed by atoms with E-state index in [-0.39, 0.29) is 12.5 Å². The van der Waals surface area contributed by atoms with Crippen molar-refractivity contribution < 1.29 is 33.3 Å². The number of hydrogen-bond donors (Lipinski definition) is 0. The summed E-state index contributed by atoms with van der Waals surface area (Å²) >= 11 is 6.60. The van der Waals surface area contributed by atoms with Gasteiger partial charge in [0.25, 0.3) is 0 Å². The van der Waals surface area contributed by atoms with Gasteiger partial charge in [-0.05, 0) is 55.2 Å². The van der Waals surface area contributed by atoms with Crippen LogP contribution in [0, 0.1) is 5.92 Å². The molecular formula is C28H33ClO7. The molecule has 2 aromatic carbocycles. The van der Waals surface area contributed by atoms with Gasteiger partial charge in [-0.25, -0.2) is 0 Å². The maximum atomic E-state index is 12.2. The Morgan fingerprint density at radius 3 is 2.36 bits per heavy atom. The molecule has 0 amide bonds. The molecule has 194 valence electrons. The van der Waals surface area contributed by atoms with Gasteiger partial charge in [-0.3, -0.25) is 9.59 Å². The van der Waals surface area contributed by atoms with Gasteiger partial charge in [0.2, 0.25) is 5.79 Å². The summed E-state index contributed by atoms with van der Waals surface area (Å²) < 4.78 is 30.1. The summed E-state index contributed by atoms with van der Waals surface area (Å²) in [6, 6.07) is 13.4. The number of rotatable bonds is 8. The Hall–Kier alpha value is -2.61. The zero-order valence-electron chi connectivity index (χ0n) is 21.3. The molecule has 7 nitrogen and oxygen atoms in total. The summed E-state index contributed by atoms with van der Waals surface area (Å²) in [6.45, 7) is 9.43. The van der Waals surface area contributed by atoms with Crippen molar-refractivity contribution in [1.82, 2.24) is 0 Å². The molecule has 2 heterocycles. The lowest BCUT2D eigenvalue weighted by Gasteiger charge is -2.49. The third kappa shape index (κ3) is 4.84. The molecule has 5 atom stereocenters. The van der Waals surface area contributed by atoms with Crippen LogP contribution in [0.3, 0.4) is 0 Å². The second kappa shape index (κ2) is 10.4. The lowest BCUT2D eigenvalue weighted by molar-refractivity contribution is -0.318. The smallest absolute Gasteiger partial charge is 0.303 e. The van der Waals surface area contributed by atoms with Crippen molar-refractivity contribution in [3.8, 4) is 5.75 Å². The molecule has 36 heavy (non-hydrogen) atoms. The Bertz CT molecular complexity index is 1120. The first kappa shape index (κ1) is 26.5. The maximum Gasteiger partial charge on any atom is 0.303 e. The Morgan fingerprint density at radius 2 is 1.75 bits per heavy atom. The number of benzene rings is 2. The molecule has 2 bridgehead atoms. The van der Waals surface area contributed by atoms with Crippen molar-refractivity contribution in [3.05, 3.63) is 64.2 Å². The third-order valence-electron chi connectivity index (χ3n) is 7.15. The van der Waals surface area contributed by atoms with Gasteiger partial charge in [-0.2, -0.15) is 0 Å². The second-order valence-corrected chi connectivity index (χ2v) is 9.84. The number of fused-ring (bicyclic) bond motifs is 2. The predicted octanol–water partition coefficient (Wildman–Crippen LogP) is 5.19. The van der Waals surface area contributed by atoms with Crippen molar-refractivity contribution in [1.29, 1.82) is 0 Å². The number of carbonyl (C=O) groups is 2. The first-order chi connectivity index (χ1) is 17.1. The van der Waals surface area contributed by atoms with Gasteiger partial charge in [0.15, 0.2) is 6.10 Å². The Morgan fingerprint density at radius 1 is 1.06 bits per heavy atom. The minimum atomic E-state index is -1.44. The third-order valence-corrected chi connectivity index (χ3v) is 7.52. The SMILES string of the molecule is CCOc1ccc(Cc2cc([C@]34OC[C@](CC)(O3)[C@@H](C)[C@H](OC(C)=O)[C@H]4OC(C)=O)ccc2Cl)cc1. The van der Waals surface area contributed by atoms with Crippen molar-refractivity contribution in [2.24, 2.45) is 5.92 Å². The summed E-state index contributed by atoms with van der Waals surface area (Å²) in [6.07, 6.45) is -0.535. The Labute approximate surface area is 217 Å². The molecule has 2 aromatic rings. The van der Waals surface area contributed by atoms with E-state index in [9.17, 15) is 9.59 Å². The number of esters is 2. The molecule has 0 aromatic heterocycles. The molecule has 0 aliphatic carbocycles. The zero-order chi connectivity index (χ0) is 26.1. The van der Waals surface area contributed by atoms with Crippen LogP contribution in [0.2, 0.25) is 5.02 Å². The Kier molecular flexibility index (Phi) is 7.64. The Balaban J connectivity index is 1.75. The summed E-state index contributed by atoms with van der Waals surface area (Å²) in [5.41, 5.74) is 1.86. The van der Waals surface area contributed by atoms with Crippen molar-refractivity contribution in [3.63, 3.8) is 0 Å². The fourth-order valence-electron chi connectivity index (χ4n) is 5.23. The molecule has 2 saturated heterocycles. The first-order valence-corrected chi connectivity index (χ1v) is 12.7. The number of halogens is 1. The molecule has 0 unspecified atom stereocenters. The van der Waals surface area contributed by atoms with Gasteiger partial charge < -0.3 is 23.7 Å². The van der Waals surface area contributed by atoms with Gasteiger partial charge in [-0.15, -0.1) is 0 Å². The quantitative estimate of drug-likeness (QED) is 0.446. The van der Waals surface area contributed by atoms with Crippen LogP contribution in [0.15, 0.2) is 42.5 Å². The van der Waals surface area contributed by atoms with Crippen molar-refractivity contribution in [2.45, 2.75) is 71.1 Å². The van der Waals surface area contributed by atoms with E-state index in [2.05, 4.69) is 0 Å². The topological polar surface area (TPSA) is 80.3 Å². The van der Waals surface area contributed by atoms with E-state index in [1.807, 2.05) is 57.2 Å². The highest BCUT2D eigenvalue weighted by Gasteiger charge is 2.68. The lowest BCUT2D eigenvalue weighted by atomic mass is 9.76. The molecule has 2 aliphatic rings. The highest BCUT2D eigenvalue weighted by molar-refractivity contribution is 6.31. The zero-order valence-corrected chi connectivity index (χ0v) is 22.1. The van der Waals surface area contributed by atoms with E-state index < -0.39 is 35.5 Å². The summed E-state index contributed by atoms with van der Waals surface area (Å²) in [4.78, 5) is 24.2. The minimum absolute atomic E-state index is 0.262. The van der Waals surface area contributed by atoms with Gasteiger partial charge >= 0.3 is 11.9 Å². The van der Waals surface area contributed by atoms with E-state index in [1.165, 1.54) is 13.8 Å². The van der Waals surface area contributed by atoms with Crippen molar-refractivity contribution >= 4 is 23.5 Å². The molecule has 4 rings (SSSR count). The van der Waals surface area contributed by atoms with Crippen molar-refractivity contribution in [2.75, 3.05) is 13.2 Å². The standard InChI is InChI=1S/C28H33ClO7/c1-6-27-16-33-28(36-27,26(35-19(5)31)25(17(27)3)34-18(4)30)22-10-13-24(29)21(15-22)14-20-8-11-23(12-9-20)32-7-2/h8-13,15,17,25-26H,6-7,14,16H2,1-5H3/t17-,25-,26+,27-,28-/m0/s1. The fourth-order valence-corrected chi connectivity index (χ4v) is 5.42. The second-order valence-electron chi connectivity index (χ2n) is 9.43. The summed E-state index contributed by atoms with van der Waals surface area (Å²) in [7, 11) is 0. The van der Waals surface area contributed by atoms with Crippen LogP contribution < -0.4 is 4.74 Å². The largest absolute Gasteiger partial charge is 0.494 e. The highest BCUT2D eigenvalue weighted by Crippen LogP contribution is 2.55. The minimum Gasteiger partial charge on any atom is -0.494 e. The summed E-state index contributed by atoms with van der Waals surface area (Å²) in [5.74, 6) is -1.87. The normalized spacial score (nSPS) is 29.0. The number of carbonyl (C=O) groups excluding carboxylic acids is 2. The molecule has 2 fully saturated rings. The highest BCUT2D eigenvalue weighted by atomic mass is 35.5. The molecular weight excluding hydrogens is 484 g/mol. The van der Waals surface area contributed by atoms with Crippen LogP contribution in [0.25, 0.3) is 0 Å². The van der Waals surface area contributed by atoms with E-state index in [0.717, 1.165) is 16.9 Å². The summed E-state index contributed by atoms with van der Waals surface area (Å²) in [5, 5.41) is 0.591. The maximum absolute atomic E-state index is 12.2. The number of hydrogen-bond acceptors (Lipinski definition) is 7. The van der Waals surface area contributed by atoms with Crippen LogP contribution in [0.4, 0.5) is 0 Å². The molecule has 0 spiro atoms. The monoisotopic (exact) mass is 516 g/mol. The van der Waals surface area contributed by atoms with E-state index >= 15 is 0 Å². The van der Waals surface area contributed by atoms with Gasteiger partial charge in [0, 0.05) is 30.4 Å². The van der Waals surface area contributed by atoms with Crippen LogP contribution >= 0.6 is 11.6 Å². The molecule has 0 radical (unpaired) electrons. The van der Waals surface area contributed by atoms with Crippen LogP contribution in [0.5, 0.6) is 5.75 Å². The predicted molar refractivity (Wildman–Crippen MR) is 134 cm³/mol. The van der Waals surface area contributed by atoms with E-state index in [4.69, 9.17) is 35.3 Å². The average Bonchev–Trinajstić information content (AvgIpc) is 3.22. The number of ether oxygens (including phenoxy) is 5. The van der Waals surface area contributed by atoms with Gasteiger partial charge in [0.05, 0.1) is 13.2 Å². The van der Waals surface area contributed by atoms with Crippen LogP contribution in [0.1, 0.15) is 57.7 Å². The molecule has 0 saturated carbocycles. The van der Waals surface area contributed by atoms with Crippen LogP contribution in [-0.2, 0) is 40.7 Å². The van der Waals surface area contributed by atoms with E-state index in [0.29, 0.717) is 30.0 Å². The van der Waals surface area contributed by atoms with Gasteiger partial charge in [0.1, 0.15) is 17.5 Å². The average molecular weight is 517 g/mol. The van der Waals surface area contributed by atoms with E-state index in [1.54, 1.807) is 6.07 Å². The molecule has 2 aliphatic heterocycles. The van der Waals surface area contributed by atoms with Crippen LogP contribution in [-0.4, -0.2) is 43.0 Å². The van der Waals surface area contributed by atoms with Gasteiger partial charge in [-0.1, -0.05) is 43.6 Å². The molecule has 0 N–H and O–H groups in total. The first-order valence-electron chi connectivity index (χ1n) is 12.3. The fraction of sp³-hybridized carbons (Fsp3) is 0.500. The molecule has 8 heteroatoms.